The van der Waals surface area contributed by atoms with E-state index in [0.29, 0.717) is 10.5 Å². The lowest BCUT2D eigenvalue weighted by atomic mass is 10.2. The molecule has 1 N–H and O–H groups in total. The lowest BCUT2D eigenvalue weighted by Gasteiger charge is -1.95. The van der Waals surface area contributed by atoms with Gasteiger partial charge in [0, 0.05) is 16.7 Å². The number of halogens is 1. The van der Waals surface area contributed by atoms with Gasteiger partial charge in [0.25, 0.3) is 0 Å². The van der Waals surface area contributed by atoms with Crippen LogP contribution in [-0.2, 0) is 0 Å². The monoisotopic (exact) mass is 155 g/mol. The molecule has 10 heavy (non-hydrogen) atoms. The number of benzene rings is 1. The molecule has 1 rings (SSSR count). The quantitative estimate of drug-likeness (QED) is 0.458. The van der Waals surface area contributed by atoms with E-state index in [1.54, 1.807) is 0 Å². The zero-order chi connectivity index (χ0) is 7.56. The molecule has 1 aromatic carbocycles. The highest BCUT2D eigenvalue weighted by Crippen LogP contribution is 2.12. The minimum atomic E-state index is -0.324. The van der Waals surface area contributed by atoms with Crippen molar-refractivity contribution in [3.8, 4) is 0 Å². The molecule has 3 heteroatoms. The van der Waals surface area contributed by atoms with Crippen molar-refractivity contribution < 1.29 is 4.39 Å². The van der Waals surface area contributed by atoms with Crippen LogP contribution < -0.4 is 0 Å². The third-order valence-electron chi connectivity index (χ3n) is 1.15. The van der Waals surface area contributed by atoms with Crippen LogP contribution in [0, 0.1) is 11.2 Å². The molecule has 0 heterocycles. The van der Waals surface area contributed by atoms with Crippen LogP contribution in [0.4, 0.5) is 4.39 Å². The van der Waals surface area contributed by atoms with Gasteiger partial charge in [-0.1, -0.05) is 0 Å². The SMILES string of the molecule is N=Cc1ccc(F)cc1S. The average molecular weight is 155 g/mol. The second kappa shape index (κ2) is 2.84. The Morgan fingerprint density at radius 3 is 2.70 bits per heavy atom. The van der Waals surface area contributed by atoms with Gasteiger partial charge in [-0.3, -0.25) is 0 Å². The summed E-state index contributed by atoms with van der Waals surface area (Å²) in [5.74, 6) is -0.324. The summed E-state index contributed by atoms with van der Waals surface area (Å²) in [5, 5.41) is 6.86. The highest BCUT2D eigenvalue weighted by Gasteiger charge is 1.95. The fourth-order valence-electron chi connectivity index (χ4n) is 0.639. The molecule has 1 aromatic rings. The maximum Gasteiger partial charge on any atom is 0.124 e. The lowest BCUT2D eigenvalue weighted by molar-refractivity contribution is 0.624. The molecule has 0 amide bonds. The summed E-state index contributed by atoms with van der Waals surface area (Å²) in [6, 6.07) is 4.11. The van der Waals surface area contributed by atoms with Gasteiger partial charge in [-0.25, -0.2) is 4.39 Å². The Balaban J connectivity index is 3.19. The molecule has 0 aliphatic heterocycles. The van der Waals surface area contributed by atoms with E-state index in [9.17, 15) is 4.39 Å². The van der Waals surface area contributed by atoms with Crippen LogP contribution in [0.25, 0.3) is 0 Å². The van der Waals surface area contributed by atoms with Gasteiger partial charge < -0.3 is 5.41 Å². The highest BCUT2D eigenvalue weighted by atomic mass is 32.1. The molecule has 0 radical (unpaired) electrons. The topological polar surface area (TPSA) is 23.9 Å². The first-order chi connectivity index (χ1) is 4.74. The summed E-state index contributed by atoms with van der Waals surface area (Å²) in [4.78, 5) is 0.495. The van der Waals surface area contributed by atoms with E-state index >= 15 is 0 Å². The van der Waals surface area contributed by atoms with Crippen molar-refractivity contribution in [2.24, 2.45) is 0 Å². The van der Waals surface area contributed by atoms with Gasteiger partial charge in [-0.05, 0) is 18.2 Å². The Hall–Kier alpha value is -0.830. The molecule has 0 aromatic heterocycles. The molecule has 0 fully saturated rings. The normalized spacial score (nSPS) is 9.40. The van der Waals surface area contributed by atoms with E-state index in [-0.39, 0.29) is 5.82 Å². The predicted octanol–water partition coefficient (Wildman–Crippen LogP) is 2.11. The Bertz CT molecular complexity index is 260. The maximum absolute atomic E-state index is 12.4. The summed E-state index contributed by atoms with van der Waals surface area (Å²) in [6.07, 6.45) is 1.14. The van der Waals surface area contributed by atoms with Crippen molar-refractivity contribution in [1.82, 2.24) is 0 Å². The van der Waals surface area contributed by atoms with Crippen LogP contribution in [-0.4, -0.2) is 6.21 Å². The van der Waals surface area contributed by atoms with E-state index < -0.39 is 0 Å². The Labute approximate surface area is 63.8 Å². The van der Waals surface area contributed by atoms with Crippen LogP contribution in [0.1, 0.15) is 5.56 Å². The highest BCUT2D eigenvalue weighted by molar-refractivity contribution is 7.80. The number of nitrogens with one attached hydrogen (secondary N) is 1. The van der Waals surface area contributed by atoms with Crippen molar-refractivity contribution >= 4 is 18.8 Å². The zero-order valence-corrected chi connectivity index (χ0v) is 6.03. The first kappa shape index (κ1) is 7.28. The van der Waals surface area contributed by atoms with Gasteiger partial charge >= 0.3 is 0 Å². The molecular weight excluding hydrogens is 149 g/mol. The van der Waals surface area contributed by atoms with Crippen molar-refractivity contribution in [3.63, 3.8) is 0 Å². The summed E-state index contributed by atoms with van der Waals surface area (Å²) in [6.45, 7) is 0. The van der Waals surface area contributed by atoms with Crippen LogP contribution in [0.2, 0.25) is 0 Å². The zero-order valence-electron chi connectivity index (χ0n) is 5.13. The molecule has 0 saturated carbocycles. The third-order valence-corrected chi connectivity index (χ3v) is 1.54. The molecular formula is C7H6FNS. The molecule has 52 valence electrons. The molecule has 0 aliphatic rings. The van der Waals surface area contributed by atoms with Gasteiger partial charge in [0.2, 0.25) is 0 Å². The van der Waals surface area contributed by atoms with E-state index in [4.69, 9.17) is 5.41 Å². The number of hydrogen-bond donors (Lipinski definition) is 2. The van der Waals surface area contributed by atoms with E-state index in [1.165, 1.54) is 18.2 Å². The second-order valence-electron chi connectivity index (χ2n) is 1.85. The first-order valence-corrected chi connectivity index (χ1v) is 3.18. The predicted molar refractivity (Wildman–Crippen MR) is 41.5 cm³/mol. The smallest absolute Gasteiger partial charge is 0.124 e. The van der Waals surface area contributed by atoms with Crippen LogP contribution >= 0.6 is 12.6 Å². The van der Waals surface area contributed by atoms with E-state index in [1.807, 2.05) is 0 Å². The summed E-state index contributed by atoms with van der Waals surface area (Å²) < 4.78 is 12.4. The van der Waals surface area contributed by atoms with Gasteiger partial charge in [-0.2, -0.15) is 0 Å². The first-order valence-electron chi connectivity index (χ1n) is 2.73. The molecule has 1 nitrogen and oxygen atoms in total. The largest absolute Gasteiger partial charge is 0.308 e. The van der Waals surface area contributed by atoms with Crippen molar-refractivity contribution in [1.29, 1.82) is 5.41 Å². The standard InChI is InChI=1S/C7H6FNS/c8-6-2-1-5(4-9)7(10)3-6/h1-4,9-10H. The minimum Gasteiger partial charge on any atom is -0.308 e. The Morgan fingerprint density at radius 2 is 2.20 bits per heavy atom. The van der Waals surface area contributed by atoms with Gasteiger partial charge in [0.05, 0.1) is 0 Å². The molecule has 0 bridgehead atoms. The number of thiol groups is 1. The van der Waals surface area contributed by atoms with E-state index in [2.05, 4.69) is 12.6 Å². The van der Waals surface area contributed by atoms with Crippen LogP contribution in [0.5, 0.6) is 0 Å². The second-order valence-corrected chi connectivity index (χ2v) is 2.33. The summed E-state index contributed by atoms with van der Waals surface area (Å²) in [7, 11) is 0. The molecule has 0 spiro atoms. The van der Waals surface area contributed by atoms with Crippen molar-refractivity contribution in [3.05, 3.63) is 29.6 Å². The summed E-state index contributed by atoms with van der Waals surface area (Å²) >= 11 is 3.96. The van der Waals surface area contributed by atoms with Crippen LogP contribution in [0.15, 0.2) is 23.1 Å². The van der Waals surface area contributed by atoms with Gasteiger partial charge in [0.15, 0.2) is 0 Å². The van der Waals surface area contributed by atoms with Gasteiger partial charge in [0.1, 0.15) is 5.82 Å². The van der Waals surface area contributed by atoms with Crippen LogP contribution in [0.3, 0.4) is 0 Å². The average Bonchev–Trinajstić information content (AvgIpc) is 1.88. The van der Waals surface area contributed by atoms with Gasteiger partial charge in [-0.15, -0.1) is 12.6 Å². The Morgan fingerprint density at radius 1 is 1.50 bits per heavy atom. The Kier molecular flexibility index (Phi) is 2.06. The maximum atomic E-state index is 12.4. The molecule has 0 atom stereocenters. The van der Waals surface area contributed by atoms with E-state index in [0.717, 1.165) is 6.21 Å². The molecule has 0 unspecified atom stereocenters. The fraction of sp³-hybridized carbons (Fsp3) is 0. The fourth-order valence-corrected chi connectivity index (χ4v) is 0.901. The minimum absolute atomic E-state index is 0.324. The number of hydrogen-bond acceptors (Lipinski definition) is 2. The molecule has 0 saturated heterocycles. The summed E-state index contributed by atoms with van der Waals surface area (Å²) in [5.41, 5.74) is 0.629. The lowest BCUT2D eigenvalue weighted by Crippen LogP contribution is -1.83. The molecule has 0 aliphatic carbocycles. The third kappa shape index (κ3) is 1.36. The van der Waals surface area contributed by atoms with Crippen molar-refractivity contribution in [2.45, 2.75) is 4.90 Å². The number of rotatable bonds is 1. The van der Waals surface area contributed by atoms with Crippen molar-refractivity contribution in [2.75, 3.05) is 0 Å².